The third-order valence-corrected chi connectivity index (χ3v) is 3.03. The number of nitrogens with one attached hydrogen (secondary N) is 1. The fourth-order valence-electron chi connectivity index (χ4n) is 1.95. The summed E-state index contributed by atoms with van der Waals surface area (Å²) in [6, 6.07) is 4.61. The lowest BCUT2D eigenvalue weighted by Gasteiger charge is -2.18. The molecule has 94 valence electrons. The summed E-state index contributed by atoms with van der Waals surface area (Å²) in [5, 5.41) is 12.4. The van der Waals surface area contributed by atoms with Crippen molar-refractivity contribution in [2.24, 2.45) is 7.05 Å². The zero-order valence-corrected chi connectivity index (χ0v) is 11.4. The molecular formula is C13H22N4. The number of hydrogen-bond donors (Lipinski definition) is 1. The third-order valence-electron chi connectivity index (χ3n) is 3.03. The average molecular weight is 234 g/mol. The van der Waals surface area contributed by atoms with Gasteiger partial charge in [-0.15, -0.1) is 0 Å². The monoisotopic (exact) mass is 234 g/mol. The Balaban J connectivity index is 2.61. The molecule has 0 aliphatic heterocycles. The summed E-state index contributed by atoms with van der Waals surface area (Å²) in [6.07, 6.45) is 0. The second kappa shape index (κ2) is 5.85. The van der Waals surface area contributed by atoms with Crippen molar-refractivity contribution >= 4 is 0 Å². The van der Waals surface area contributed by atoms with Gasteiger partial charge in [0.05, 0.1) is 0 Å². The Morgan fingerprint density at radius 2 is 2.18 bits per heavy atom. The Labute approximate surface area is 104 Å². The molecule has 0 aromatic carbocycles. The average Bonchev–Trinajstić information content (AvgIpc) is 2.52. The normalized spacial score (nSPS) is 12.8. The van der Waals surface area contributed by atoms with E-state index in [2.05, 4.69) is 44.2 Å². The second-order valence-electron chi connectivity index (χ2n) is 4.86. The van der Waals surface area contributed by atoms with Gasteiger partial charge >= 0.3 is 0 Å². The third kappa shape index (κ3) is 3.58. The van der Waals surface area contributed by atoms with E-state index in [1.54, 1.807) is 0 Å². The molecule has 0 aliphatic rings. The van der Waals surface area contributed by atoms with Crippen molar-refractivity contribution in [1.29, 1.82) is 5.26 Å². The van der Waals surface area contributed by atoms with Crippen molar-refractivity contribution in [1.82, 2.24) is 14.8 Å². The summed E-state index contributed by atoms with van der Waals surface area (Å²) in [5.41, 5.74) is 3.08. The van der Waals surface area contributed by atoms with Crippen LogP contribution in [0.3, 0.4) is 0 Å². The molecule has 0 bridgehead atoms. The molecule has 0 spiro atoms. The first kappa shape index (κ1) is 13.8. The highest BCUT2D eigenvalue weighted by Gasteiger charge is 2.09. The number of likely N-dealkylation sites (N-methyl/N-ethyl adjacent to an activating group) is 1. The Bertz CT molecular complexity index is 412. The highest BCUT2D eigenvalue weighted by Crippen LogP contribution is 2.13. The van der Waals surface area contributed by atoms with Gasteiger partial charge in [0.25, 0.3) is 0 Å². The number of nitriles is 1. The molecule has 1 aromatic rings. The molecule has 0 radical (unpaired) electrons. The number of hydrogen-bond acceptors (Lipinski definition) is 3. The van der Waals surface area contributed by atoms with Crippen molar-refractivity contribution in [3.8, 4) is 6.07 Å². The van der Waals surface area contributed by atoms with Crippen molar-refractivity contribution < 1.29 is 0 Å². The SMILES string of the molecule is Cc1c(CNC(C)CN(C)C)cc(C#N)n1C. The molecule has 0 saturated heterocycles. The second-order valence-corrected chi connectivity index (χ2v) is 4.86. The van der Waals surface area contributed by atoms with E-state index >= 15 is 0 Å². The molecular weight excluding hydrogens is 212 g/mol. The summed E-state index contributed by atoms with van der Waals surface area (Å²) in [5.74, 6) is 0. The molecule has 1 unspecified atom stereocenters. The van der Waals surface area contributed by atoms with Crippen LogP contribution in [0.15, 0.2) is 6.07 Å². The van der Waals surface area contributed by atoms with E-state index in [1.165, 1.54) is 5.56 Å². The summed E-state index contributed by atoms with van der Waals surface area (Å²) >= 11 is 0. The Kier molecular flexibility index (Phi) is 4.73. The van der Waals surface area contributed by atoms with E-state index in [-0.39, 0.29) is 0 Å². The lowest BCUT2D eigenvalue weighted by molar-refractivity contribution is 0.349. The van der Waals surface area contributed by atoms with E-state index in [9.17, 15) is 0 Å². The molecule has 1 aromatic heterocycles. The first-order valence-corrected chi connectivity index (χ1v) is 5.89. The topological polar surface area (TPSA) is 44.0 Å². The first-order valence-electron chi connectivity index (χ1n) is 5.89. The maximum absolute atomic E-state index is 8.95. The van der Waals surface area contributed by atoms with Gasteiger partial charge in [0.1, 0.15) is 11.8 Å². The van der Waals surface area contributed by atoms with Crippen LogP contribution in [-0.4, -0.2) is 36.1 Å². The van der Waals surface area contributed by atoms with Crippen LogP contribution in [0, 0.1) is 18.3 Å². The van der Waals surface area contributed by atoms with Crippen LogP contribution in [0.1, 0.15) is 23.9 Å². The van der Waals surface area contributed by atoms with Gasteiger partial charge < -0.3 is 14.8 Å². The van der Waals surface area contributed by atoms with Crippen molar-refractivity contribution in [3.05, 3.63) is 23.0 Å². The summed E-state index contributed by atoms with van der Waals surface area (Å²) in [7, 11) is 6.07. The fraction of sp³-hybridized carbons (Fsp3) is 0.615. The van der Waals surface area contributed by atoms with Gasteiger partial charge in [0.2, 0.25) is 0 Å². The summed E-state index contributed by atoms with van der Waals surface area (Å²) < 4.78 is 1.94. The Hall–Kier alpha value is -1.31. The Morgan fingerprint density at radius 3 is 2.65 bits per heavy atom. The summed E-state index contributed by atoms with van der Waals surface area (Å²) in [6.45, 7) is 6.05. The van der Waals surface area contributed by atoms with E-state index in [1.807, 2.05) is 17.7 Å². The zero-order chi connectivity index (χ0) is 13.0. The van der Waals surface area contributed by atoms with Crippen LogP contribution in [0.25, 0.3) is 0 Å². The zero-order valence-electron chi connectivity index (χ0n) is 11.4. The van der Waals surface area contributed by atoms with Gasteiger partial charge in [0.15, 0.2) is 0 Å². The summed E-state index contributed by atoms with van der Waals surface area (Å²) in [4.78, 5) is 2.16. The molecule has 0 aliphatic carbocycles. The molecule has 17 heavy (non-hydrogen) atoms. The molecule has 1 rings (SSSR count). The lowest BCUT2D eigenvalue weighted by Crippen LogP contribution is -2.35. The molecule has 0 fully saturated rings. The molecule has 1 atom stereocenters. The number of rotatable bonds is 5. The van der Waals surface area contributed by atoms with E-state index in [0.717, 1.165) is 24.5 Å². The highest BCUT2D eigenvalue weighted by atomic mass is 15.1. The van der Waals surface area contributed by atoms with Crippen LogP contribution >= 0.6 is 0 Å². The Morgan fingerprint density at radius 1 is 1.53 bits per heavy atom. The minimum absolute atomic E-state index is 0.440. The van der Waals surface area contributed by atoms with Crippen LogP contribution in [0.2, 0.25) is 0 Å². The van der Waals surface area contributed by atoms with E-state index in [4.69, 9.17) is 5.26 Å². The van der Waals surface area contributed by atoms with Gasteiger partial charge in [-0.25, -0.2) is 0 Å². The van der Waals surface area contributed by atoms with Crippen molar-refractivity contribution in [2.75, 3.05) is 20.6 Å². The van der Waals surface area contributed by atoms with E-state index < -0.39 is 0 Å². The predicted octanol–water partition coefficient (Wildman–Crippen LogP) is 1.24. The molecule has 4 nitrogen and oxygen atoms in total. The molecule has 0 amide bonds. The van der Waals surface area contributed by atoms with Crippen molar-refractivity contribution in [2.45, 2.75) is 26.4 Å². The van der Waals surface area contributed by atoms with Gasteiger partial charge in [-0.05, 0) is 39.6 Å². The molecule has 4 heteroatoms. The van der Waals surface area contributed by atoms with Gasteiger partial charge in [-0.3, -0.25) is 0 Å². The van der Waals surface area contributed by atoms with Crippen LogP contribution in [0.5, 0.6) is 0 Å². The number of nitrogens with zero attached hydrogens (tertiary/aromatic N) is 3. The minimum Gasteiger partial charge on any atom is -0.340 e. The predicted molar refractivity (Wildman–Crippen MR) is 69.7 cm³/mol. The van der Waals surface area contributed by atoms with Gasteiger partial charge in [0, 0.05) is 31.9 Å². The standard InChI is InChI=1S/C13H22N4/c1-10(9-16(3)4)15-8-12-6-13(7-14)17(5)11(12)2/h6,10,15H,8-9H2,1-5H3. The van der Waals surface area contributed by atoms with Crippen LogP contribution in [-0.2, 0) is 13.6 Å². The highest BCUT2D eigenvalue weighted by molar-refractivity contribution is 5.34. The van der Waals surface area contributed by atoms with Crippen LogP contribution in [0.4, 0.5) is 0 Å². The number of aromatic nitrogens is 1. The molecule has 0 saturated carbocycles. The largest absolute Gasteiger partial charge is 0.340 e. The molecule has 1 heterocycles. The van der Waals surface area contributed by atoms with Gasteiger partial charge in [-0.2, -0.15) is 5.26 Å². The minimum atomic E-state index is 0.440. The maximum Gasteiger partial charge on any atom is 0.120 e. The quantitative estimate of drug-likeness (QED) is 0.834. The van der Waals surface area contributed by atoms with E-state index in [0.29, 0.717) is 6.04 Å². The maximum atomic E-state index is 8.95. The molecule has 1 N–H and O–H groups in total. The van der Waals surface area contributed by atoms with Crippen LogP contribution < -0.4 is 5.32 Å². The van der Waals surface area contributed by atoms with Crippen molar-refractivity contribution in [3.63, 3.8) is 0 Å². The van der Waals surface area contributed by atoms with Gasteiger partial charge in [-0.1, -0.05) is 0 Å². The smallest absolute Gasteiger partial charge is 0.120 e. The first-order chi connectivity index (χ1) is 7.95. The lowest BCUT2D eigenvalue weighted by atomic mass is 10.2. The fourth-order valence-corrected chi connectivity index (χ4v) is 1.95.